The van der Waals surface area contributed by atoms with Crippen molar-refractivity contribution in [3.8, 4) is 0 Å². The number of nitrogens with one attached hydrogen (secondary N) is 1. The molecule has 0 aliphatic carbocycles. The highest BCUT2D eigenvalue weighted by Crippen LogP contribution is 2.23. The second kappa shape index (κ2) is 57.9. The first-order valence-electron chi connectivity index (χ1n) is 33.2. The highest BCUT2D eigenvalue weighted by Gasteiger charge is 2.44. The van der Waals surface area contributed by atoms with Crippen LogP contribution in [0.5, 0.6) is 0 Å². The van der Waals surface area contributed by atoms with Crippen molar-refractivity contribution in [3.05, 3.63) is 72.9 Å². The molecular weight excluding hydrogens is 1000 g/mol. The van der Waals surface area contributed by atoms with E-state index >= 15 is 0 Å². The topological polar surface area (TPSA) is 175 Å². The maximum atomic E-state index is 13.1. The summed E-state index contributed by atoms with van der Waals surface area (Å²) in [5.74, 6) is -0.212. The van der Waals surface area contributed by atoms with Crippen molar-refractivity contribution < 1.29 is 49.3 Å². The second-order valence-corrected chi connectivity index (χ2v) is 22.8. The van der Waals surface area contributed by atoms with Gasteiger partial charge in [0.05, 0.1) is 32.0 Å². The lowest BCUT2D eigenvalue weighted by molar-refractivity contribution is -0.302. The molecule has 0 saturated carbocycles. The summed E-state index contributed by atoms with van der Waals surface area (Å²) in [4.78, 5) is 25.1. The molecule has 464 valence electrons. The van der Waals surface area contributed by atoms with Crippen LogP contribution in [0.15, 0.2) is 72.9 Å². The number of hydrogen-bond donors (Lipinski definition) is 6. The van der Waals surface area contributed by atoms with E-state index in [1.54, 1.807) is 6.08 Å². The van der Waals surface area contributed by atoms with Gasteiger partial charge in [0.1, 0.15) is 24.4 Å². The minimum atomic E-state index is -1.58. The lowest BCUT2D eigenvalue weighted by Gasteiger charge is -2.40. The number of carbonyl (C=O) groups excluding carboxylic acids is 2. The van der Waals surface area contributed by atoms with Gasteiger partial charge in [0.25, 0.3) is 0 Å². The number of carbonyl (C=O) groups is 2. The summed E-state index contributed by atoms with van der Waals surface area (Å²) in [5, 5.41) is 54.4. The quantitative estimate of drug-likeness (QED) is 0.0195. The fourth-order valence-electron chi connectivity index (χ4n) is 9.95. The molecule has 1 heterocycles. The number of allylic oxidation sites excluding steroid dienone is 11. The SMILES string of the molecule is CCCC/C=C\CCCCCCCC(=O)OCCCCCCCCCCC/C=C\C/C=C\CCCCCCCCCCCCCC(=O)NC(COC1OC(CO)C(O)C(O)C1O)C(O)/C=C/CC/C=C/CC/C=C/CCCCCC. The molecule has 11 nitrogen and oxygen atoms in total. The largest absolute Gasteiger partial charge is 0.466 e. The maximum Gasteiger partial charge on any atom is 0.305 e. The van der Waals surface area contributed by atoms with E-state index in [4.69, 9.17) is 14.2 Å². The molecule has 1 saturated heterocycles. The zero-order valence-corrected chi connectivity index (χ0v) is 51.3. The molecule has 0 aromatic carbocycles. The lowest BCUT2D eigenvalue weighted by Crippen LogP contribution is -2.60. The van der Waals surface area contributed by atoms with Gasteiger partial charge in [-0.3, -0.25) is 9.59 Å². The Morgan fingerprint density at radius 2 is 0.863 bits per heavy atom. The average Bonchev–Trinajstić information content (AvgIpc) is 3.47. The fraction of sp³-hybridized carbons (Fsp3) is 0.797. The Balaban J connectivity index is 2.06. The van der Waals surface area contributed by atoms with Crippen molar-refractivity contribution in [2.45, 2.75) is 333 Å². The third kappa shape index (κ3) is 46.6. The predicted molar refractivity (Wildman–Crippen MR) is 333 cm³/mol. The van der Waals surface area contributed by atoms with E-state index in [0.717, 1.165) is 89.9 Å². The first-order chi connectivity index (χ1) is 39.2. The van der Waals surface area contributed by atoms with Crippen LogP contribution >= 0.6 is 0 Å². The summed E-state index contributed by atoms with van der Waals surface area (Å²) in [5.41, 5.74) is 0. The highest BCUT2D eigenvalue weighted by atomic mass is 16.7. The molecule has 1 aliphatic rings. The van der Waals surface area contributed by atoms with E-state index in [2.05, 4.69) is 79.9 Å². The molecule has 6 N–H and O–H groups in total. The van der Waals surface area contributed by atoms with Gasteiger partial charge in [0.15, 0.2) is 6.29 Å². The minimum absolute atomic E-state index is 0.0113. The van der Waals surface area contributed by atoms with Crippen LogP contribution in [0.3, 0.4) is 0 Å². The maximum absolute atomic E-state index is 13.1. The van der Waals surface area contributed by atoms with Crippen molar-refractivity contribution >= 4 is 11.9 Å². The van der Waals surface area contributed by atoms with Crippen LogP contribution < -0.4 is 5.32 Å². The molecule has 7 atom stereocenters. The van der Waals surface area contributed by atoms with E-state index in [0.29, 0.717) is 19.4 Å². The van der Waals surface area contributed by atoms with Crippen molar-refractivity contribution in [2.24, 2.45) is 0 Å². The molecular formula is C69H123NO10. The number of esters is 1. The van der Waals surface area contributed by atoms with E-state index in [9.17, 15) is 35.1 Å². The summed E-state index contributed by atoms with van der Waals surface area (Å²) in [6.07, 6.45) is 67.3. The Morgan fingerprint density at radius 1 is 0.463 bits per heavy atom. The smallest absolute Gasteiger partial charge is 0.305 e. The molecule has 1 rings (SSSR count). The minimum Gasteiger partial charge on any atom is -0.466 e. The molecule has 80 heavy (non-hydrogen) atoms. The first kappa shape index (κ1) is 75.1. The molecule has 7 unspecified atom stereocenters. The van der Waals surface area contributed by atoms with Gasteiger partial charge < -0.3 is 45.1 Å². The van der Waals surface area contributed by atoms with E-state index in [1.165, 1.54) is 173 Å². The van der Waals surface area contributed by atoms with Crippen LogP contribution in [-0.2, 0) is 23.8 Å². The van der Waals surface area contributed by atoms with E-state index in [1.807, 2.05) is 6.08 Å². The van der Waals surface area contributed by atoms with Crippen molar-refractivity contribution in [1.82, 2.24) is 5.32 Å². The Bertz CT molecular complexity index is 1560. The van der Waals surface area contributed by atoms with Gasteiger partial charge in [-0.05, 0) is 109 Å². The molecule has 1 aliphatic heterocycles. The molecule has 1 fully saturated rings. The molecule has 0 bridgehead atoms. The van der Waals surface area contributed by atoms with Gasteiger partial charge in [0, 0.05) is 12.8 Å². The first-order valence-corrected chi connectivity index (χ1v) is 33.2. The number of rotatable bonds is 57. The standard InChI is InChI=1S/C69H123NO10/c1-3-5-7-9-11-13-15-16-32-36-39-43-47-51-55-62(72)61(60-79-69-68(77)67(76)66(75)63(59-71)80-69)70-64(73)56-52-48-44-40-37-33-30-28-26-24-22-20-18-17-19-21-23-25-27-29-31-34-38-42-46-50-54-58-78-65(74)57-53-49-45-41-35-14-12-10-8-6-4-2/h10,12-13,15,17-18,21,23,36,39,51,55,61-63,66-69,71-72,75-77H,3-9,11,14,16,19-20,22,24-35,37-38,40-50,52-54,56-60H2,1-2H3,(H,70,73)/b12-10-,15-13+,18-17-,23-21-,39-36+,55-51+. The Labute approximate surface area is 490 Å². The van der Waals surface area contributed by atoms with Gasteiger partial charge in [-0.2, -0.15) is 0 Å². The normalized spacial score (nSPS) is 18.8. The van der Waals surface area contributed by atoms with E-state index in [-0.39, 0.29) is 18.5 Å². The summed E-state index contributed by atoms with van der Waals surface area (Å²) in [6, 6.07) is -0.839. The van der Waals surface area contributed by atoms with Crippen molar-refractivity contribution in [1.29, 1.82) is 0 Å². The molecule has 0 aromatic rings. The van der Waals surface area contributed by atoms with Gasteiger partial charge in [-0.25, -0.2) is 0 Å². The average molecular weight is 1130 g/mol. The lowest BCUT2D eigenvalue weighted by atomic mass is 9.99. The van der Waals surface area contributed by atoms with Crippen LogP contribution in [0.1, 0.15) is 290 Å². The second-order valence-electron chi connectivity index (χ2n) is 22.8. The predicted octanol–water partition coefficient (Wildman–Crippen LogP) is 16.3. The van der Waals surface area contributed by atoms with Crippen molar-refractivity contribution in [2.75, 3.05) is 19.8 Å². The molecule has 0 radical (unpaired) electrons. The van der Waals surface area contributed by atoms with E-state index < -0.39 is 49.5 Å². The van der Waals surface area contributed by atoms with Crippen molar-refractivity contribution in [3.63, 3.8) is 0 Å². The van der Waals surface area contributed by atoms with Crippen LogP contribution in [0.2, 0.25) is 0 Å². The van der Waals surface area contributed by atoms with Gasteiger partial charge in [-0.1, -0.05) is 241 Å². The van der Waals surface area contributed by atoms with Crippen LogP contribution in [0.4, 0.5) is 0 Å². The number of hydrogen-bond acceptors (Lipinski definition) is 10. The zero-order valence-electron chi connectivity index (χ0n) is 51.3. The molecule has 11 heteroatoms. The van der Waals surface area contributed by atoms with Gasteiger partial charge in [0.2, 0.25) is 5.91 Å². The number of aliphatic hydroxyl groups excluding tert-OH is 5. The number of unbranched alkanes of at least 4 members (excludes halogenated alkanes) is 33. The molecule has 0 spiro atoms. The van der Waals surface area contributed by atoms with Crippen LogP contribution in [0.25, 0.3) is 0 Å². The third-order valence-electron chi connectivity index (χ3n) is 15.2. The highest BCUT2D eigenvalue weighted by molar-refractivity contribution is 5.76. The fourth-order valence-corrected chi connectivity index (χ4v) is 9.95. The number of aliphatic hydroxyl groups is 5. The monoisotopic (exact) mass is 1130 g/mol. The molecule has 0 aromatic heterocycles. The van der Waals surface area contributed by atoms with Crippen LogP contribution in [0, 0.1) is 0 Å². The Morgan fingerprint density at radius 3 is 1.35 bits per heavy atom. The summed E-state index contributed by atoms with van der Waals surface area (Å²) >= 11 is 0. The Hall–Kier alpha value is -2.90. The summed E-state index contributed by atoms with van der Waals surface area (Å²) in [6.45, 7) is 4.26. The Kier molecular flexibility index (Phi) is 54.4. The summed E-state index contributed by atoms with van der Waals surface area (Å²) in [7, 11) is 0. The van der Waals surface area contributed by atoms with Crippen LogP contribution in [-0.4, -0.2) is 100 Å². The third-order valence-corrected chi connectivity index (χ3v) is 15.2. The van der Waals surface area contributed by atoms with Gasteiger partial charge in [-0.15, -0.1) is 0 Å². The number of ether oxygens (including phenoxy) is 3. The van der Waals surface area contributed by atoms with Gasteiger partial charge >= 0.3 is 5.97 Å². The molecule has 1 amide bonds. The zero-order chi connectivity index (χ0) is 58.0. The number of amides is 1. The summed E-state index contributed by atoms with van der Waals surface area (Å²) < 4.78 is 16.7.